The molecular formula is C26H25N3O3S2. The Kier molecular flexibility index (Phi) is 5.87. The topological polar surface area (TPSA) is 70.6 Å². The van der Waals surface area contributed by atoms with E-state index in [-0.39, 0.29) is 16.8 Å². The molecule has 6 nitrogen and oxygen atoms in total. The Morgan fingerprint density at radius 3 is 2.44 bits per heavy atom. The minimum Gasteiger partial charge on any atom is -0.329 e. The summed E-state index contributed by atoms with van der Waals surface area (Å²) in [6, 6.07) is 21.5. The van der Waals surface area contributed by atoms with Crippen molar-refractivity contribution < 1.29 is 13.2 Å². The first kappa shape index (κ1) is 22.6. The van der Waals surface area contributed by atoms with Gasteiger partial charge in [0.05, 0.1) is 26.8 Å². The maximum absolute atomic E-state index is 13.3. The number of aromatic nitrogens is 1. The van der Waals surface area contributed by atoms with Crippen molar-refractivity contribution in [3.05, 3.63) is 88.9 Å². The van der Waals surface area contributed by atoms with Crippen LogP contribution < -0.4 is 4.31 Å². The molecule has 0 spiro atoms. The SMILES string of the molecule is Cc1ccc(S(=O)(=O)N(C)c2ccc(C(=O)N3CCCC3c3nc4ccccc4s3)cc2)cc1. The molecule has 1 amide bonds. The first-order chi connectivity index (χ1) is 16.3. The highest BCUT2D eigenvalue weighted by atomic mass is 32.2. The summed E-state index contributed by atoms with van der Waals surface area (Å²) < 4.78 is 28.3. The van der Waals surface area contributed by atoms with Gasteiger partial charge in [-0.25, -0.2) is 13.4 Å². The lowest BCUT2D eigenvalue weighted by molar-refractivity contribution is 0.0735. The molecule has 1 unspecified atom stereocenters. The van der Waals surface area contributed by atoms with Gasteiger partial charge in [0.1, 0.15) is 5.01 Å². The fraction of sp³-hybridized carbons (Fsp3) is 0.231. The molecule has 0 aliphatic carbocycles. The highest BCUT2D eigenvalue weighted by molar-refractivity contribution is 7.92. The molecule has 34 heavy (non-hydrogen) atoms. The second-order valence-electron chi connectivity index (χ2n) is 8.51. The number of carbonyl (C=O) groups is 1. The molecule has 0 bridgehead atoms. The van der Waals surface area contributed by atoms with Crippen LogP contribution >= 0.6 is 11.3 Å². The van der Waals surface area contributed by atoms with Gasteiger partial charge in [-0.2, -0.15) is 0 Å². The maximum Gasteiger partial charge on any atom is 0.264 e. The van der Waals surface area contributed by atoms with Crippen LogP contribution in [0.25, 0.3) is 10.2 Å². The maximum atomic E-state index is 13.3. The summed E-state index contributed by atoms with van der Waals surface area (Å²) in [5.41, 5.74) is 3.00. The molecule has 0 saturated carbocycles. The second-order valence-corrected chi connectivity index (χ2v) is 11.5. The number of thiazole rings is 1. The van der Waals surface area contributed by atoms with Gasteiger partial charge in [-0.1, -0.05) is 29.8 Å². The molecule has 1 atom stereocenters. The standard InChI is InChI=1S/C26H25N3O3S2/c1-18-9-15-21(16-10-18)34(31,32)28(2)20-13-11-19(12-14-20)26(30)29-17-5-7-23(29)25-27-22-6-3-4-8-24(22)33-25/h3-4,6,8-16,23H,5,7,17H2,1-2H3. The van der Waals surface area contributed by atoms with Crippen molar-refractivity contribution in [2.24, 2.45) is 0 Å². The third kappa shape index (κ3) is 4.08. The Bertz CT molecular complexity index is 1410. The zero-order chi connectivity index (χ0) is 23.9. The highest BCUT2D eigenvalue weighted by Crippen LogP contribution is 2.37. The lowest BCUT2D eigenvalue weighted by Crippen LogP contribution is -2.30. The van der Waals surface area contributed by atoms with Crippen LogP contribution in [0.15, 0.2) is 77.7 Å². The van der Waals surface area contributed by atoms with E-state index in [0.717, 1.165) is 33.6 Å². The smallest absolute Gasteiger partial charge is 0.264 e. The molecule has 3 aromatic carbocycles. The minimum absolute atomic E-state index is 0.0332. The quantitative estimate of drug-likeness (QED) is 0.374. The number of fused-ring (bicyclic) bond motifs is 1. The number of hydrogen-bond donors (Lipinski definition) is 0. The largest absolute Gasteiger partial charge is 0.329 e. The van der Waals surface area contributed by atoms with Crippen molar-refractivity contribution in [2.75, 3.05) is 17.9 Å². The summed E-state index contributed by atoms with van der Waals surface area (Å²) in [4.78, 5) is 20.2. The molecule has 1 saturated heterocycles. The van der Waals surface area contributed by atoms with Crippen molar-refractivity contribution in [3.63, 3.8) is 0 Å². The molecule has 5 rings (SSSR count). The number of nitrogens with zero attached hydrogens (tertiary/aromatic N) is 3. The van der Waals surface area contributed by atoms with Gasteiger partial charge in [0.2, 0.25) is 0 Å². The molecule has 0 N–H and O–H groups in total. The monoisotopic (exact) mass is 491 g/mol. The van der Waals surface area contributed by atoms with Gasteiger partial charge in [0, 0.05) is 19.2 Å². The van der Waals surface area contributed by atoms with E-state index in [4.69, 9.17) is 4.98 Å². The molecular weight excluding hydrogens is 466 g/mol. The van der Waals surface area contributed by atoms with Crippen LogP contribution in [-0.4, -0.2) is 37.8 Å². The van der Waals surface area contributed by atoms with Gasteiger partial charge in [-0.3, -0.25) is 9.10 Å². The van der Waals surface area contributed by atoms with E-state index in [2.05, 4.69) is 6.07 Å². The van der Waals surface area contributed by atoms with Gasteiger partial charge in [-0.15, -0.1) is 11.3 Å². The van der Waals surface area contributed by atoms with E-state index in [1.54, 1.807) is 59.9 Å². The number of hydrogen-bond acceptors (Lipinski definition) is 5. The summed E-state index contributed by atoms with van der Waals surface area (Å²) in [5.74, 6) is -0.0580. The first-order valence-electron chi connectivity index (χ1n) is 11.2. The predicted molar refractivity (Wildman–Crippen MR) is 136 cm³/mol. The predicted octanol–water partition coefficient (Wildman–Crippen LogP) is 5.41. The number of rotatable bonds is 5. The Balaban J connectivity index is 1.36. The number of benzene rings is 3. The lowest BCUT2D eigenvalue weighted by atomic mass is 10.1. The number of sulfonamides is 1. The van der Waals surface area contributed by atoms with Gasteiger partial charge < -0.3 is 4.90 Å². The number of aryl methyl sites for hydroxylation is 1. The van der Waals surface area contributed by atoms with Crippen LogP contribution in [0.1, 0.15) is 39.8 Å². The van der Waals surface area contributed by atoms with Crippen LogP contribution in [0.2, 0.25) is 0 Å². The molecule has 1 aliphatic rings. The van der Waals surface area contributed by atoms with E-state index < -0.39 is 10.0 Å². The molecule has 2 heterocycles. The number of para-hydroxylation sites is 1. The van der Waals surface area contributed by atoms with Crippen LogP contribution in [0.3, 0.4) is 0 Å². The van der Waals surface area contributed by atoms with Crippen LogP contribution in [0, 0.1) is 6.92 Å². The van der Waals surface area contributed by atoms with E-state index in [9.17, 15) is 13.2 Å². The summed E-state index contributed by atoms with van der Waals surface area (Å²) in [6.45, 7) is 2.60. The minimum atomic E-state index is -3.68. The van der Waals surface area contributed by atoms with Gasteiger partial charge >= 0.3 is 0 Å². The second kappa shape index (κ2) is 8.85. The zero-order valence-corrected chi connectivity index (χ0v) is 20.6. The average molecular weight is 492 g/mol. The van der Waals surface area contributed by atoms with Crippen molar-refractivity contribution >= 4 is 43.2 Å². The van der Waals surface area contributed by atoms with Crippen molar-refractivity contribution in [1.29, 1.82) is 0 Å². The van der Waals surface area contributed by atoms with Crippen LogP contribution in [0.5, 0.6) is 0 Å². The number of amides is 1. The summed E-state index contributed by atoms with van der Waals surface area (Å²) in [5, 5.41) is 0.965. The number of anilines is 1. The van der Waals surface area contributed by atoms with E-state index in [0.29, 0.717) is 17.8 Å². The van der Waals surface area contributed by atoms with E-state index in [1.807, 2.05) is 30.0 Å². The molecule has 174 valence electrons. The zero-order valence-electron chi connectivity index (χ0n) is 19.0. The Morgan fingerprint density at radius 2 is 1.74 bits per heavy atom. The summed E-state index contributed by atoms with van der Waals surface area (Å²) in [7, 11) is -2.16. The molecule has 1 aliphatic heterocycles. The van der Waals surface area contributed by atoms with Crippen molar-refractivity contribution in [1.82, 2.24) is 9.88 Å². The van der Waals surface area contributed by atoms with E-state index >= 15 is 0 Å². The molecule has 8 heteroatoms. The van der Waals surface area contributed by atoms with Crippen molar-refractivity contribution in [2.45, 2.75) is 30.7 Å². The third-order valence-electron chi connectivity index (χ3n) is 6.27. The first-order valence-corrected chi connectivity index (χ1v) is 13.4. The molecule has 1 fully saturated rings. The van der Waals surface area contributed by atoms with Crippen LogP contribution in [0.4, 0.5) is 5.69 Å². The normalized spacial score (nSPS) is 16.2. The van der Waals surface area contributed by atoms with Crippen molar-refractivity contribution in [3.8, 4) is 0 Å². The van der Waals surface area contributed by atoms with E-state index in [1.165, 1.54) is 11.4 Å². The Hall–Kier alpha value is -3.23. The fourth-order valence-electron chi connectivity index (χ4n) is 4.29. The van der Waals surface area contributed by atoms with Crippen LogP contribution in [-0.2, 0) is 10.0 Å². The molecule has 1 aromatic heterocycles. The third-order valence-corrected chi connectivity index (χ3v) is 9.20. The summed E-state index contributed by atoms with van der Waals surface area (Å²) >= 11 is 1.64. The Morgan fingerprint density at radius 1 is 1.03 bits per heavy atom. The molecule has 4 aromatic rings. The van der Waals surface area contributed by atoms with Gasteiger partial charge in [0.25, 0.3) is 15.9 Å². The van der Waals surface area contributed by atoms with Gasteiger partial charge in [0.15, 0.2) is 0 Å². The highest BCUT2D eigenvalue weighted by Gasteiger charge is 2.33. The number of likely N-dealkylation sites (tertiary alicyclic amines) is 1. The average Bonchev–Trinajstić information content (AvgIpc) is 3.50. The number of carbonyl (C=O) groups excluding carboxylic acids is 1. The lowest BCUT2D eigenvalue weighted by Gasteiger charge is -2.24. The fourth-order valence-corrected chi connectivity index (χ4v) is 6.60. The van der Waals surface area contributed by atoms with Gasteiger partial charge in [-0.05, 0) is 68.3 Å². The Labute approximate surface area is 203 Å². The molecule has 0 radical (unpaired) electrons. The summed E-state index contributed by atoms with van der Waals surface area (Å²) in [6.07, 6.45) is 1.82.